The zero-order valence-electron chi connectivity index (χ0n) is 19.6. The van der Waals surface area contributed by atoms with Crippen molar-refractivity contribution < 1.29 is 19.5 Å². The zero-order chi connectivity index (χ0) is 23.3. The number of carbonyl (C=O) groups excluding carboxylic acids is 2. The Morgan fingerprint density at radius 2 is 1.75 bits per heavy atom. The molecule has 1 aromatic carbocycles. The lowest BCUT2D eigenvalue weighted by atomic mass is 9.80. The number of carboxylic acids is 1. The van der Waals surface area contributed by atoms with Crippen LogP contribution in [0.25, 0.3) is 0 Å². The highest BCUT2D eigenvalue weighted by atomic mass is 16.4. The van der Waals surface area contributed by atoms with Gasteiger partial charge in [0.25, 0.3) is 5.97 Å². The molecule has 7 heteroatoms. The van der Waals surface area contributed by atoms with Gasteiger partial charge in [0.05, 0.1) is 0 Å². The maximum absolute atomic E-state index is 13.5. The first kappa shape index (κ1) is 24.2. The summed E-state index contributed by atoms with van der Waals surface area (Å²) in [5, 5.41) is 7.42. The smallest absolute Gasteiger partial charge is 0.300 e. The van der Waals surface area contributed by atoms with Crippen LogP contribution in [0.3, 0.4) is 0 Å². The van der Waals surface area contributed by atoms with E-state index in [2.05, 4.69) is 49.1 Å². The molecule has 176 valence electrons. The van der Waals surface area contributed by atoms with Gasteiger partial charge >= 0.3 is 0 Å². The van der Waals surface area contributed by atoms with E-state index < -0.39 is 11.5 Å². The number of aliphatic carboxylic acids is 1. The number of carboxylic acid groups (broad SMARTS) is 1. The van der Waals surface area contributed by atoms with Gasteiger partial charge in [-0.25, -0.2) is 0 Å². The zero-order valence-corrected chi connectivity index (χ0v) is 19.6. The Kier molecular flexibility index (Phi) is 7.93. The van der Waals surface area contributed by atoms with Gasteiger partial charge in [-0.3, -0.25) is 14.4 Å². The molecule has 1 atom stereocenters. The van der Waals surface area contributed by atoms with E-state index in [0.29, 0.717) is 12.5 Å². The molecule has 32 heavy (non-hydrogen) atoms. The molecule has 1 aromatic rings. The van der Waals surface area contributed by atoms with Gasteiger partial charge in [0, 0.05) is 39.6 Å². The summed E-state index contributed by atoms with van der Waals surface area (Å²) in [5.74, 6) is -0.0424. The van der Waals surface area contributed by atoms with Crippen molar-refractivity contribution in [1.82, 2.24) is 14.7 Å². The molecule has 0 aliphatic carbocycles. The van der Waals surface area contributed by atoms with E-state index in [1.807, 2.05) is 9.80 Å². The minimum absolute atomic E-state index is 0.198. The predicted molar refractivity (Wildman–Crippen MR) is 123 cm³/mol. The van der Waals surface area contributed by atoms with Crippen LogP contribution in [0.15, 0.2) is 30.3 Å². The van der Waals surface area contributed by atoms with Gasteiger partial charge in [-0.05, 0) is 43.6 Å². The summed E-state index contributed by atoms with van der Waals surface area (Å²) < 4.78 is 0. The fourth-order valence-corrected chi connectivity index (χ4v) is 5.23. The second kappa shape index (κ2) is 10.5. The summed E-state index contributed by atoms with van der Waals surface area (Å²) in [6, 6.07) is 10.4. The largest absolute Gasteiger partial charge is 0.481 e. The number of nitrogens with zero attached hydrogens (tertiary/aromatic N) is 3. The maximum Gasteiger partial charge on any atom is 0.300 e. The number of likely N-dealkylation sites (tertiary alicyclic amines) is 1. The number of piperidine rings is 1. The molecular weight excluding hydrogens is 406 g/mol. The summed E-state index contributed by atoms with van der Waals surface area (Å²) in [5.41, 5.74) is 0.749. The van der Waals surface area contributed by atoms with Crippen LogP contribution in [0.5, 0.6) is 0 Å². The number of piperazine rings is 1. The third-order valence-electron chi connectivity index (χ3n) is 6.77. The van der Waals surface area contributed by atoms with E-state index in [4.69, 9.17) is 9.90 Å². The highest BCUT2D eigenvalue weighted by Gasteiger charge is 2.57. The lowest BCUT2D eigenvalue weighted by Crippen LogP contribution is -2.72. The first-order chi connectivity index (χ1) is 15.2. The molecule has 3 aliphatic rings. The van der Waals surface area contributed by atoms with Gasteiger partial charge in [0.2, 0.25) is 11.8 Å². The standard InChI is InChI=1S/C23H33N3O2.C2H4O2/c1-18(2)17-26-21(27)20-9-6-13-25(20)22(28)23(26)11-15-24(16-12-23)14-10-19-7-4-3-5-8-19;1-2(3)4/h3-5,7-8,18,20H,6,9-17H2,1-2H3;1H3,(H,3,4)/t20-;/m0./s1. The normalized spacial score (nSPS) is 22.7. The Morgan fingerprint density at radius 3 is 2.34 bits per heavy atom. The van der Waals surface area contributed by atoms with Crippen molar-refractivity contribution in [2.75, 3.05) is 32.7 Å². The van der Waals surface area contributed by atoms with Gasteiger partial charge < -0.3 is 19.8 Å². The lowest BCUT2D eigenvalue weighted by Gasteiger charge is -2.54. The number of rotatable bonds is 5. The van der Waals surface area contributed by atoms with Gasteiger partial charge in [0.15, 0.2) is 0 Å². The van der Waals surface area contributed by atoms with Crippen molar-refractivity contribution in [3.63, 3.8) is 0 Å². The van der Waals surface area contributed by atoms with Crippen LogP contribution < -0.4 is 0 Å². The van der Waals surface area contributed by atoms with E-state index in [1.165, 1.54) is 5.56 Å². The topological polar surface area (TPSA) is 81.2 Å². The van der Waals surface area contributed by atoms with Gasteiger partial charge in [0.1, 0.15) is 11.6 Å². The summed E-state index contributed by atoms with van der Waals surface area (Å²) >= 11 is 0. The van der Waals surface area contributed by atoms with Crippen molar-refractivity contribution in [1.29, 1.82) is 0 Å². The predicted octanol–water partition coefficient (Wildman–Crippen LogP) is 2.64. The molecule has 1 spiro atoms. The number of amides is 2. The highest BCUT2D eigenvalue weighted by molar-refractivity contribution is 6.00. The van der Waals surface area contributed by atoms with Gasteiger partial charge in [-0.1, -0.05) is 44.2 Å². The first-order valence-electron chi connectivity index (χ1n) is 11.8. The minimum Gasteiger partial charge on any atom is -0.481 e. The Bertz CT molecular complexity index is 799. The molecule has 0 bridgehead atoms. The first-order valence-corrected chi connectivity index (χ1v) is 11.8. The molecule has 7 nitrogen and oxygen atoms in total. The lowest BCUT2D eigenvalue weighted by molar-refractivity contribution is -0.173. The van der Waals surface area contributed by atoms with E-state index in [0.717, 1.165) is 65.2 Å². The highest BCUT2D eigenvalue weighted by Crippen LogP contribution is 2.39. The Morgan fingerprint density at radius 1 is 1.12 bits per heavy atom. The third-order valence-corrected chi connectivity index (χ3v) is 6.77. The molecular formula is C25H37N3O4. The fraction of sp³-hybridized carbons (Fsp3) is 0.640. The molecule has 4 rings (SSSR count). The average Bonchev–Trinajstić information content (AvgIpc) is 3.25. The molecule has 0 unspecified atom stereocenters. The minimum atomic E-state index is -0.833. The Hall–Kier alpha value is -2.41. The van der Waals surface area contributed by atoms with Crippen molar-refractivity contribution in [2.45, 2.75) is 64.5 Å². The number of hydrogen-bond donors (Lipinski definition) is 1. The molecule has 2 amide bonds. The molecule has 1 N–H and O–H groups in total. The number of fused-ring (bicyclic) bond motifs is 1. The second-order valence-corrected chi connectivity index (χ2v) is 9.63. The number of hydrogen-bond acceptors (Lipinski definition) is 4. The second-order valence-electron chi connectivity index (χ2n) is 9.63. The summed E-state index contributed by atoms with van der Waals surface area (Å²) in [7, 11) is 0. The molecule has 3 fully saturated rings. The quantitative estimate of drug-likeness (QED) is 0.757. The van der Waals surface area contributed by atoms with Crippen molar-refractivity contribution in [2.24, 2.45) is 5.92 Å². The molecule has 0 aromatic heterocycles. The SMILES string of the molecule is CC(=O)O.CC(C)CN1C(=O)[C@@H]2CCCN2C(=O)C12CCN(CCc1ccccc1)CC2. The van der Waals surface area contributed by atoms with Crippen LogP contribution in [0.2, 0.25) is 0 Å². The maximum atomic E-state index is 13.5. The molecule has 0 radical (unpaired) electrons. The van der Waals surface area contributed by atoms with Gasteiger partial charge in [-0.2, -0.15) is 0 Å². The summed E-state index contributed by atoms with van der Waals surface area (Å²) in [6.07, 6.45) is 4.35. The van der Waals surface area contributed by atoms with Crippen LogP contribution in [0.4, 0.5) is 0 Å². The van der Waals surface area contributed by atoms with Crippen LogP contribution in [0.1, 0.15) is 52.0 Å². The van der Waals surface area contributed by atoms with Crippen molar-refractivity contribution in [3.8, 4) is 0 Å². The summed E-state index contributed by atoms with van der Waals surface area (Å²) in [4.78, 5) is 42.1. The van der Waals surface area contributed by atoms with Gasteiger partial charge in [-0.15, -0.1) is 0 Å². The average molecular weight is 444 g/mol. The van der Waals surface area contributed by atoms with Crippen molar-refractivity contribution in [3.05, 3.63) is 35.9 Å². The summed E-state index contributed by atoms with van der Waals surface area (Å²) in [6.45, 7) is 9.60. The van der Waals surface area contributed by atoms with Crippen LogP contribution in [-0.4, -0.2) is 81.9 Å². The number of benzene rings is 1. The van der Waals surface area contributed by atoms with Crippen LogP contribution in [-0.2, 0) is 20.8 Å². The Balaban J connectivity index is 0.000000668. The fourth-order valence-electron chi connectivity index (χ4n) is 5.23. The molecule has 3 heterocycles. The van der Waals surface area contributed by atoms with E-state index in [1.54, 1.807) is 0 Å². The van der Waals surface area contributed by atoms with E-state index >= 15 is 0 Å². The monoisotopic (exact) mass is 443 g/mol. The van der Waals surface area contributed by atoms with Crippen LogP contribution in [0, 0.1) is 5.92 Å². The third kappa shape index (κ3) is 5.31. The molecule has 3 aliphatic heterocycles. The van der Waals surface area contributed by atoms with Crippen LogP contribution >= 0.6 is 0 Å². The number of carbonyl (C=O) groups is 3. The molecule has 3 saturated heterocycles. The van der Waals surface area contributed by atoms with E-state index in [9.17, 15) is 9.59 Å². The molecule has 0 saturated carbocycles. The van der Waals surface area contributed by atoms with E-state index in [-0.39, 0.29) is 17.9 Å². The Labute approximate surface area is 191 Å². The van der Waals surface area contributed by atoms with Crippen molar-refractivity contribution >= 4 is 17.8 Å².